The summed E-state index contributed by atoms with van der Waals surface area (Å²) in [4.78, 5) is 0. The van der Waals surface area contributed by atoms with E-state index in [9.17, 15) is 5.11 Å². The van der Waals surface area contributed by atoms with Crippen molar-refractivity contribution >= 4 is 22.6 Å². The molecule has 1 atom stereocenters. The van der Waals surface area contributed by atoms with E-state index in [1.54, 1.807) is 0 Å². The first-order chi connectivity index (χ1) is 5.77. The van der Waals surface area contributed by atoms with Crippen LogP contribution >= 0.6 is 22.6 Å². The average molecular weight is 276 g/mol. The Balaban J connectivity index is 2.46. The van der Waals surface area contributed by atoms with Gasteiger partial charge in [0.05, 0.1) is 12.7 Å². The third-order valence-corrected chi connectivity index (χ3v) is 2.65. The van der Waals surface area contributed by atoms with Crippen LogP contribution in [-0.2, 0) is 0 Å². The number of benzene rings is 1. The minimum Gasteiger partial charge on any atom is -0.493 e. The van der Waals surface area contributed by atoms with E-state index < -0.39 is 0 Å². The number of fused-ring (bicyclic) bond motifs is 1. The third-order valence-electron chi connectivity index (χ3n) is 1.98. The molecule has 0 spiro atoms. The van der Waals surface area contributed by atoms with Gasteiger partial charge in [0.15, 0.2) is 0 Å². The van der Waals surface area contributed by atoms with Crippen LogP contribution in [0.5, 0.6) is 5.75 Å². The van der Waals surface area contributed by atoms with E-state index in [4.69, 9.17) is 4.74 Å². The highest BCUT2D eigenvalue weighted by Crippen LogP contribution is 2.32. The Morgan fingerprint density at radius 3 is 3.17 bits per heavy atom. The Morgan fingerprint density at radius 2 is 2.33 bits per heavy atom. The van der Waals surface area contributed by atoms with Gasteiger partial charge in [-0.05, 0) is 34.7 Å². The fraction of sp³-hybridized carbons (Fsp3) is 0.333. The molecule has 1 aliphatic rings. The van der Waals surface area contributed by atoms with Gasteiger partial charge in [-0.25, -0.2) is 0 Å². The molecule has 0 amide bonds. The SMILES string of the molecule is OC1CCOc2cc(I)ccc21. The summed E-state index contributed by atoms with van der Waals surface area (Å²) in [6, 6.07) is 5.87. The van der Waals surface area contributed by atoms with E-state index in [1.807, 2.05) is 18.2 Å². The number of aliphatic hydroxyl groups is 1. The summed E-state index contributed by atoms with van der Waals surface area (Å²) in [6.45, 7) is 0.619. The molecule has 1 unspecified atom stereocenters. The lowest BCUT2D eigenvalue weighted by Gasteiger charge is -2.21. The Kier molecular flexibility index (Phi) is 2.23. The summed E-state index contributed by atoms with van der Waals surface area (Å²) in [5.41, 5.74) is 0.918. The first-order valence-corrected chi connectivity index (χ1v) is 4.95. The van der Waals surface area contributed by atoms with E-state index in [2.05, 4.69) is 22.6 Å². The summed E-state index contributed by atoms with van der Waals surface area (Å²) < 4.78 is 6.55. The van der Waals surface area contributed by atoms with Gasteiger partial charge >= 0.3 is 0 Å². The number of halogens is 1. The Morgan fingerprint density at radius 1 is 1.50 bits per heavy atom. The van der Waals surface area contributed by atoms with Crippen molar-refractivity contribution in [1.29, 1.82) is 0 Å². The van der Waals surface area contributed by atoms with Crippen molar-refractivity contribution in [1.82, 2.24) is 0 Å². The molecule has 0 aromatic heterocycles. The van der Waals surface area contributed by atoms with Crippen molar-refractivity contribution in [3.8, 4) is 5.75 Å². The molecule has 0 aliphatic carbocycles. The highest BCUT2D eigenvalue weighted by molar-refractivity contribution is 14.1. The summed E-state index contributed by atoms with van der Waals surface area (Å²) in [7, 11) is 0. The highest BCUT2D eigenvalue weighted by atomic mass is 127. The van der Waals surface area contributed by atoms with Gasteiger partial charge in [-0.15, -0.1) is 0 Å². The predicted octanol–water partition coefficient (Wildman–Crippen LogP) is 2.11. The van der Waals surface area contributed by atoms with Crippen molar-refractivity contribution in [2.75, 3.05) is 6.61 Å². The van der Waals surface area contributed by atoms with Crippen LogP contribution in [0.2, 0.25) is 0 Å². The Bertz CT molecular complexity index is 299. The molecule has 2 nitrogen and oxygen atoms in total. The van der Waals surface area contributed by atoms with Crippen molar-refractivity contribution in [2.45, 2.75) is 12.5 Å². The van der Waals surface area contributed by atoms with Crippen molar-refractivity contribution < 1.29 is 9.84 Å². The molecule has 1 aromatic rings. The summed E-state index contributed by atoms with van der Waals surface area (Å²) in [5, 5.41) is 9.57. The van der Waals surface area contributed by atoms with Crippen LogP contribution < -0.4 is 4.74 Å². The lowest BCUT2D eigenvalue weighted by molar-refractivity contribution is 0.115. The molecule has 0 fully saturated rings. The summed E-state index contributed by atoms with van der Waals surface area (Å²) in [5.74, 6) is 0.834. The molecule has 0 saturated heterocycles. The minimum atomic E-state index is -0.342. The molecular formula is C9H9IO2. The van der Waals surface area contributed by atoms with Gasteiger partial charge in [0, 0.05) is 15.6 Å². The number of aliphatic hydroxyl groups excluding tert-OH is 1. The fourth-order valence-corrected chi connectivity index (χ4v) is 1.81. The maximum Gasteiger partial charge on any atom is 0.126 e. The van der Waals surface area contributed by atoms with Crippen molar-refractivity contribution in [3.05, 3.63) is 27.3 Å². The second-order valence-corrected chi connectivity index (χ2v) is 4.08. The first-order valence-electron chi connectivity index (χ1n) is 3.87. The van der Waals surface area contributed by atoms with Crippen LogP contribution in [0.25, 0.3) is 0 Å². The Labute approximate surface area is 84.7 Å². The second-order valence-electron chi connectivity index (χ2n) is 2.84. The second kappa shape index (κ2) is 3.22. The van der Waals surface area contributed by atoms with Crippen LogP contribution in [0.15, 0.2) is 18.2 Å². The molecule has 12 heavy (non-hydrogen) atoms. The molecule has 0 saturated carbocycles. The molecular weight excluding hydrogens is 267 g/mol. The average Bonchev–Trinajstić information content (AvgIpc) is 2.04. The van der Waals surface area contributed by atoms with Crippen LogP contribution in [0.1, 0.15) is 18.1 Å². The number of rotatable bonds is 0. The largest absolute Gasteiger partial charge is 0.493 e. The number of hydrogen-bond donors (Lipinski definition) is 1. The van der Waals surface area contributed by atoms with E-state index in [1.165, 1.54) is 0 Å². The van der Waals surface area contributed by atoms with E-state index in [-0.39, 0.29) is 6.10 Å². The molecule has 3 heteroatoms. The molecule has 1 aliphatic heterocycles. The monoisotopic (exact) mass is 276 g/mol. The van der Waals surface area contributed by atoms with E-state index >= 15 is 0 Å². The Hall–Kier alpha value is -0.290. The zero-order valence-electron chi connectivity index (χ0n) is 6.46. The zero-order valence-corrected chi connectivity index (χ0v) is 8.61. The predicted molar refractivity (Wildman–Crippen MR) is 54.2 cm³/mol. The van der Waals surface area contributed by atoms with Gasteiger partial charge < -0.3 is 9.84 Å². The number of hydrogen-bond acceptors (Lipinski definition) is 2. The summed E-state index contributed by atoms with van der Waals surface area (Å²) in [6.07, 6.45) is 0.360. The molecule has 2 rings (SSSR count). The first kappa shape index (κ1) is 8.31. The molecule has 64 valence electrons. The topological polar surface area (TPSA) is 29.5 Å². The van der Waals surface area contributed by atoms with Gasteiger partial charge in [-0.3, -0.25) is 0 Å². The van der Waals surface area contributed by atoms with Gasteiger partial charge in [0.25, 0.3) is 0 Å². The quantitative estimate of drug-likeness (QED) is 0.735. The zero-order chi connectivity index (χ0) is 8.55. The highest BCUT2D eigenvalue weighted by Gasteiger charge is 2.18. The van der Waals surface area contributed by atoms with Gasteiger partial charge in [-0.2, -0.15) is 0 Å². The molecule has 1 N–H and O–H groups in total. The van der Waals surface area contributed by atoms with Crippen LogP contribution in [0.4, 0.5) is 0 Å². The normalized spacial score (nSPS) is 21.3. The van der Waals surface area contributed by atoms with Crippen LogP contribution in [0, 0.1) is 3.57 Å². The van der Waals surface area contributed by atoms with Crippen molar-refractivity contribution in [2.24, 2.45) is 0 Å². The smallest absolute Gasteiger partial charge is 0.126 e. The standard InChI is InChI=1S/C9H9IO2/c10-6-1-2-7-8(11)3-4-12-9(7)5-6/h1-2,5,8,11H,3-4H2. The molecule has 1 aromatic carbocycles. The number of ether oxygens (including phenoxy) is 1. The third kappa shape index (κ3) is 1.43. The van der Waals surface area contributed by atoms with E-state index in [0.29, 0.717) is 13.0 Å². The van der Waals surface area contributed by atoms with Crippen LogP contribution in [0.3, 0.4) is 0 Å². The lowest BCUT2D eigenvalue weighted by Crippen LogP contribution is -2.13. The van der Waals surface area contributed by atoms with Crippen molar-refractivity contribution in [3.63, 3.8) is 0 Å². The lowest BCUT2D eigenvalue weighted by atomic mass is 10.0. The van der Waals surface area contributed by atoms with Gasteiger partial charge in [0.2, 0.25) is 0 Å². The summed E-state index contributed by atoms with van der Waals surface area (Å²) >= 11 is 2.23. The molecule has 0 radical (unpaired) electrons. The van der Waals surface area contributed by atoms with Crippen LogP contribution in [-0.4, -0.2) is 11.7 Å². The van der Waals surface area contributed by atoms with E-state index in [0.717, 1.165) is 14.9 Å². The fourth-order valence-electron chi connectivity index (χ4n) is 1.34. The minimum absolute atomic E-state index is 0.342. The molecule has 1 heterocycles. The van der Waals surface area contributed by atoms with Gasteiger partial charge in [0.1, 0.15) is 5.75 Å². The maximum absolute atomic E-state index is 9.57. The van der Waals surface area contributed by atoms with Gasteiger partial charge in [-0.1, -0.05) is 6.07 Å². The maximum atomic E-state index is 9.57. The molecule has 0 bridgehead atoms.